The van der Waals surface area contributed by atoms with Crippen LogP contribution >= 0.6 is 15.9 Å². The molecule has 7 heteroatoms. The molecule has 0 aromatic heterocycles. The van der Waals surface area contributed by atoms with E-state index in [4.69, 9.17) is 0 Å². The molecule has 0 saturated heterocycles. The smallest absolute Gasteiger partial charge is 0.269 e. The van der Waals surface area contributed by atoms with Crippen LogP contribution in [-0.2, 0) is 4.79 Å². The summed E-state index contributed by atoms with van der Waals surface area (Å²) in [4.78, 5) is 34.0. The second kappa shape index (κ2) is 7.65. The highest BCUT2D eigenvalue weighted by molar-refractivity contribution is 9.10. The van der Waals surface area contributed by atoms with E-state index in [9.17, 15) is 24.8 Å². The first-order valence-corrected chi connectivity index (χ1v) is 7.63. The lowest BCUT2D eigenvalue weighted by molar-refractivity contribution is -0.384. The van der Waals surface area contributed by atoms with Crippen molar-refractivity contribution >= 4 is 39.3 Å². The fourth-order valence-electron chi connectivity index (χ4n) is 1.94. The second-order valence-electron chi connectivity index (χ2n) is 4.91. The van der Waals surface area contributed by atoms with E-state index in [1.54, 1.807) is 6.07 Å². The molecule has 0 spiro atoms. The third-order valence-electron chi connectivity index (χ3n) is 3.16. The van der Waals surface area contributed by atoms with Gasteiger partial charge in [-0.15, -0.1) is 0 Å². The van der Waals surface area contributed by atoms with Gasteiger partial charge in [0.2, 0.25) is 0 Å². The van der Waals surface area contributed by atoms with E-state index >= 15 is 0 Å². The Labute approximate surface area is 145 Å². The number of hydrogen-bond acceptors (Lipinski definition) is 5. The van der Waals surface area contributed by atoms with Gasteiger partial charge >= 0.3 is 0 Å². The number of aromatic hydroxyl groups is 1. The monoisotopic (exact) mass is 389 g/mol. The average molecular weight is 390 g/mol. The van der Waals surface area contributed by atoms with Crippen molar-refractivity contribution in [3.8, 4) is 5.75 Å². The molecule has 0 radical (unpaired) electrons. The van der Waals surface area contributed by atoms with Crippen molar-refractivity contribution in [3.63, 3.8) is 0 Å². The van der Waals surface area contributed by atoms with Crippen LogP contribution in [0.1, 0.15) is 22.3 Å². The van der Waals surface area contributed by atoms with Crippen molar-refractivity contribution in [2.24, 2.45) is 0 Å². The maximum atomic E-state index is 12.0. The van der Waals surface area contributed by atoms with Gasteiger partial charge in [-0.2, -0.15) is 0 Å². The quantitative estimate of drug-likeness (QED) is 0.265. The predicted molar refractivity (Wildman–Crippen MR) is 91.9 cm³/mol. The summed E-state index contributed by atoms with van der Waals surface area (Å²) >= 11 is 3.20. The highest BCUT2D eigenvalue weighted by Gasteiger charge is 2.14. The summed E-state index contributed by atoms with van der Waals surface area (Å²) in [6.45, 7) is 0. The molecule has 0 fully saturated rings. The Morgan fingerprint density at radius 1 is 1.17 bits per heavy atom. The fourth-order valence-corrected chi connectivity index (χ4v) is 2.30. The molecule has 0 aliphatic carbocycles. The minimum Gasteiger partial charge on any atom is -0.507 e. The summed E-state index contributed by atoms with van der Waals surface area (Å²) in [5.74, 6) is -1.11. The van der Waals surface area contributed by atoms with Gasteiger partial charge in [0.05, 0.1) is 16.9 Å². The number of phenols is 1. The molecular formula is C17H12BrNO5. The Kier molecular flexibility index (Phi) is 5.59. The first-order chi connectivity index (χ1) is 11.4. The number of allylic oxidation sites excluding steroid dienone is 1. The summed E-state index contributed by atoms with van der Waals surface area (Å²) < 4.78 is 0.623. The normalized spacial score (nSPS) is 10.7. The van der Waals surface area contributed by atoms with Gasteiger partial charge in [0.25, 0.3) is 5.69 Å². The number of carbonyl (C=O) groups is 2. The average Bonchev–Trinajstić information content (AvgIpc) is 2.55. The van der Waals surface area contributed by atoms with Crippen molar-refractivity contribution in [2.45, 2.75) is 6.42 Å². The van der Waals surface area contributed by atoms with Gasteiger partial charge in [-0.3, -0.25) is 19.7 Å². The van der Waals surface area contributed by atoms with Crippen LogP contribution in [0.5, 0.6) is 5.75 Å². The van der Waals surface area contributed by atoms with Crippen LogP contribution < -0.4 is 0 Å². The summed E-state index contributed by atoms with van der Waals surface area (Å²) in [5, 5.41) is 20.2. The largest absolute Gasteiger partial charge is 0.507 e. The molecular weight excluding hydrogens is 378 g/mol. The van der Waals surface area contributed by atoms with Gasteiger partial charge in [0.15, 0.2) is 11.6 Å². The van der Waals surface area contributed by atoms with Crippen molar-refractivity contribution in [1.29, 1.82) is 0 Å². The highest BCUT2D eigenvalue weighted by Crippen LogP contribution is 2.23. The lowest BCUT2D eigenvalue weighted by Gasteiger charge is -2.03. The van der Waals surface area contributed by atoms with Gasteiger partial charge in [-0.05, 0) is 42.0 Å². The Hall–Kier alpha value is -2.80. The molecule has 0 unspecified atom stereocenters. The summed E-state index contributed by atoms with van der Waals surface area (Å²) in [6, 6.07) is 10.1. The summed E-state index contributed by atoms with van der Waals surface area (Å²) in [5.41, 5.74) is 0.631. The number of benzene rings is 2. The van der Waals surface area contributed by atoms with E-state index in [1.807, 2.05) is 0 Å². The Morgan fingerprint density at radius 2 is 1.83 bits per heavy atom. The molecule has 0 heterocycles. The van der Waals surface area contributed by atoms with Crippen LogP contribution in [0.25, 0.3) is 6.08 Å². The minimum atomic E-state index is -0.512. The number of ketones is 2. The first kappa shape index (κ1) is 17.6. The zero-order valence-electron chi connectivity index (χ0n) is 12.3. The van der Waals surface area contributed by atoms with Crippen LogP contribution in [0, 0.1) is 10.1 Å². The van der Waals surface area contributed by atoms with Crippen LogP contribution in [0.4, 0.5) is 5.69 Å². The third-order valence-corrected chi connectivity index (χ3v) is 3.65. The number of carbonyl (C=O) groups excluding carboxylic acids is 2. The van der Waals surface area contributed by atoms with Gasteiger partial charge in [0.1, 0.15) is 5.75 Å². The van der Waals surface area contributed by atoms with Gasteiger partial charge in [0, 0.05) is 16.6 Å². The third kappa shape index (κ3) is 4.60. The number of phenolic OH excluding ortho intramolecular Hbond substituents is 1. The molecule has 2 aromatic rings. The zero-order valence-corrected chi connectivity index (χ0v) is 13.9. The molecule has 1 N–H and O–H groups in total. The summed E-state index contributed by atoms with van der Waals surface area (Å²) in [6.07, 6.45) is 2.32. The maximum absolute atomic E-state index is 12.0. The molecule has 0 atom stereocenters. The van der Waals surface area contributed by atoms with Crippen LogP contribution in [0.3, 0.4) is 0 Å². The van der Waals surface area contributed by atoms with Crippen molar-refractivity contribution in [1.82, 2.24) is 0 Å². The molecule has 0 amide bonds. The molecule has 2 aromatic carbocycles. The number of nitro benzene ring substituents is 1. The minimum absolute atomic E-state index is 0.0428. The second-order valence-corrected chi connectivity index (χ2v) is 5.83. The molecule has 2 rings (SSSR count). The molecule has 0 aliphatic heterocycles. The fraction of sp³-hybridized carbons (Fsp3) is 0.0588. The topological polar surface area (TPSA) is 97.5 Å². The number of rotatable bonds is 6. The number of Topliss-reactive ketones (excluding diaryl/α,β-unsaturated/α-hetero) is 1. The lowest BCUT2D eigenvalue weighted by atomic mass is 10.0. The SMILES string of the molecule is O=C(/C=C/c1ccc([N+](=O)[O-])cc1)CC(=O)c1cc(Br)ccc1O. The molecule has 0 aliphatic rings. The molecule has 6 nitrogen and oxygen atoms in total. The standard InChI is InChI=1S/C17H12BrNO5/c18-12-4-8-16(21)15(9-12)17(22)10-14(20)7-3-11-1-5-13(6-2-11)19(23)24/h1-9,21H,10H2/b7-3+. The number of hydrogen-bond donors (Lipinski definition) is 1. The Balaban J connectivity index is 2.03. The zero-order chi connectivity index (χ0) is 17.7. The molecule has 0 bridgehead atoms. The number of nitrogens with zero attached hydrogens (tertiary/aromatic N) is 1. The number of nitro groups is 1. The highest BCUT2D eigenvalue weighted by atomic mass is 79.9. The van der Waals surface area contributed by atoms with Crippen LogP contribution in [0.2, 0.25) is 0 Å². The van der Waals surface area contributed by atoms with Crippen molar-refractivity contribution in [2.75, 3.05) is 0 Å². The molecule has 0 saturated carbocycles. The van der Waals surface area contributed by atoms with Crippen LogP contribution in [0.15, 0.2) is 53.0 Å². The number of halogens is 1. The van der Waals surface area contributed by atoms with E-state index in [0.717, 1.165) is 0 Å². The van der Waals surface area contributed by atoms with Gasteiger partial charge in [-0.1, -0.05) is 22.0 Å². The van der Waals surface area contributed by atoms with E-state index in [0.29, 0.717) is 10.0 Å². The van der Waals surface area contributed by atoms with E-state index in [-0.39, 0.29) is 23.4 Å². The predicted octanol–water partition coefficient (Wildman–Crippen LogP) is 3.92. The first-order valence-electron chi connectivity index (χ1n) is 6.84. The Morgan fingerprint density at radius 3 is 2.46 bits per heavy atom. The maximum Gasteiger partial charge on any atom is 0.269 e. The van der Waals surface area contributed by atoms with Crippen LogP contribution in [-0.4, -0.2) is 21.6 Å². The van der Waals surface area contributed by atoms with Gasteiger partial charge < -0.3 is 5.11 Å². The van der Waals surface area contributed by atoms with Crippen molar-refractivity contribution in [3.05, 3.63) is 74.3 Å². The van der Waals surface area contributed by atoms with E-state index in [2.05, 4.69) is 15.9 Å². The van der Waals surface area contributed by atoms with E-state index in [1.165, 1.54) is 48.6 Å². The van der Waals surface area contributed by atoms with Crippen molar-refractivity contribution < 1.29 is 19.6 Å². The molecule has 122 valence electrons. The summed E-state index contributed by atoms with van der Waals surface area (Å²) in [7, 11) is 0. The lowest BCUT2D eigenvalue weighted by Crippen LogP contribution is -2.06. The Bertz CT molecular complexity index is 827. The van der Waals surface area contributed by atoms with E-state index < -0.39 is 16.5 Å². The molecule has 24 heavy (non-hydrogen) atoms. The number of non-ortho nitro benzene ring substituents is 1. The van der Waals surface area contributed by atoms with Gasteiger partial charge in [-0.25, -0.2) is 0 Å².